The Kier molecular flexibility index (Phi) is 7.09. The fourth-order valence-electron chi connectivity index (χ4n) is 4.20. The van der Waals surface area contributed by atoms with Crippen molar-refractivity contribution in [1.29, 1.82) is 0 Å². The zero-order valence-electron chi connectivity index (χ0n) is 18.6. The summed E-state index contributed by atoms with van der Waals surface area (Å²) >= 11 is 1.39. The van der Waals surface area contributed by atoms with Crippen molar-refractivity contribution in [2.45, 2.75) is 43.9 Å². The van der Waals surface area contributed by atoms with Gasteiger partial charge in [0.2, 0.25) is 5.91 Å². The Morgan fingerprint density at radius 2 is 1.97 bits per heavy atom. The van der Waals surface area contributed by atoms with Crippen LogP contribution in [-0.2, 0) is 11.8 Å². The van der Waals surface area contributed by atoms with E-state index in [1.165, 1.54) is 43.9 Å². The summed E-state index contributed by atoms with van der Waals surface area (Å²) in [6.45, 7) is 2.67. The van der Waals surface area contributed by atoms with Crippen LogP contribution in [-0.4, -0.2) is 38.9 Å². The van der Waals surface area contributed by atoms with Crippen LogP contribution < -0.4 is 10.6 Å². The number of amides is 2. The third-order valence-corrected chi connectivity index (χ3v) is 7.00. The molecule has 1 aromatic carbocycles. The van der Waals surface area contributed by atoms with Crippen molar-refractivity contribution in [3.63, 3.8) is 0 Å². The van der Waals surface area contributed by atoms with Gasteiger partial charge in [-0.1, -0.05) is 31.4 Å². The zero-order valence-corrected chi connectivity index (χ0v) is 19.4. The van der Waals surface area contributed by atoms with E-state index in [-0.39, 0.29) is 11.8 Å². The fraction of sp³-hybridized carbons (Fsp3) is 0.417. The second-order valence-electron chi connectivity index (χ2n) is 8.35. The molecule has 1 saturated carbocycles. The van der Waals surface area contributed by atoms with Gasteiger partial charge in [0.1, 0.15) is 0 Å². The predicted octanol–water partition coefficient (Wildman–Crippen LogP) is 4.32. The maximum Gasteiger partial charge on any atom is 0.256 e. The van der Waals surface area contributed by atoms with E-state index in [1.807, 2.05) is 38.2 Å². The summed E-state index contributed by atoms with van der Waals surface area (Å²) in [6, 6.07) is 9.25. The molecule has 0 spiro atoms. The monoisotopic (exact) mass is 451 g/mol. The van der Waals surface area contributed by atoms with Crippen LogP contribution in [0.3, 0.4) is 0 Å². The van der Waals surface area contributed by atoms with Crippen molar-refractivity contribution in [1.82, 2.24) is 20.1 Å². The summed E-state index contributed by atoms with van der Waals surface area (Å²) < 4.78 is 1.72. The van der Waals surface area contributed by atoms with Crippen LogP contribution in [0, 0.1) is 12.8 Å². The Bertz CT molecular complexity index is 1120. The van der Waals surface area contributed by atoms with Gasteiger partial charge in [-0.3, -0.25) is 14.3 Å². The molecule has 0 aliphatic heterocycles. The van der Waals surface area contributed by atoms with Crippen LogP contribution in [0.25, 0.3) is 11.0 Å². The second-order valence-corrected chi connectivity index (χ2v) is 9.37. The number of rotatable bonds is 7. The second kappa shape index (κ2) is 10.2. The summed E-state index contributed by atoms with van der Waals surface area (Å²) in [5.74, 6) is 0.681. The van der Waals surface area contributed by atoms with E-state index >= 15 is 0 Å². The lowest BCUT2D eigenvalue weighted by Crippen LogP contribution is -2.31. The maximum absolute atomic E-state index is 13.0. The number of pyridine rings is 1. The van der Waals surface area contributed by atoms with Crippen molar-refractivity contribution < 1.29 is 9.59 Å². The van der Waals surface area contributed by atoms with E-state index in [4.69, 9.17) is 0 Å². The minimum Gasteiger partial charge on any atom is -0.355 e. The van der Waals surface area contributed by atoms with Crippen LogP contribution >= 0.6 is 11.8 Å². The van der Waals surface area contributed by atoms with Crippen LogP contribution in [0.5, 0.6) is 0 Å². The minimum absolute atomic E-state index is 0.0116. The molecule has 0 unspecified atom stereocenters. The highest BCUT2D eigenvalue weighted by atomic mass is 32.2. The number of carbonyl (C=O) groups is 2. The molecular weight excluding hydrogens is 422 g/mol. The Morgan fingerprint density at radius 1 is 1.19 bits per heavy atom. The summed E-state index contributed by atoms with van der Waals surface area (Å²) in [4.78, 5) is 30.5. The standard InChI is InChI=1S/C24H29N5O2S/c1-16-20-12-18(14-26-23(20)29(2)28-16)27-24(31)19-10-6-7-11-21(19)32-15-22(30)25-13-17-8-4-3-5-9-17/h6-7,10-12,14,17H,3-5,8-9,13,15H2,1-2H3,(H,25,30)(H,27,31). The molecule has 1 aliphatic carbocycles. The number of aryl methyl sites for hydroxylation is 2. The molecule has 2 amide bonds. The van der Waals surface area contributed by atoms with E-state index in [9.17, 15) is 9.59 Å². The first-order valence-electron chi connectivity index (χ1n) is 11.1. The lowest BCUT2D eigenvalue weighted by molar-refractivity contribution is -0.118. The molecule has 0 saturated heterocycles. The molecule has 2 aromatic heterocycles. The van der Waals surface area contributed by atoms with E-state index in [0.717, 1.165) is 28.2 Å². The molecule has 168 valence electrons. The van der Waals surface area contributed by atoms with E-state index in [0.29, 0.717) is 22.9 Å². The quantitative estimate of drug-likeness (QED) is 0.522. The molecule has 7 nitrogen and oxygen atoms in total. The number of thioether (sulfide) groups is 1. The van der Waals surface area contributed by atoms with Gasteiger partial charge in [-0.25, -0.2) is 4.98 Å². The van der Waals surface area contributed by atoms with Gasteiger partial charge in [0.15, 0.2) is 5.65 Å². The summed E-state index contributed by atoms with van der Waals surface area (Å²) in [5, 5.41) is 11.3. The molecule has 4 rings (SSSR count). The van der Waals surface area contributed by atoms with Crippen molar-refractivity contribution >= 4 is 40.3 Å². The average Bonchev–Trinajstić information content (AvgIpc) is 3.10. The molecule has 1 fully saturated rings. The number of anilines is 1. The fourth-order valence-corrected chi connectivity index (χ4v) is 5.08. The molecule has 8 heteroatoms. The Hall–Kier alpha value is -2.87. The minimum atomic E-state index is -0.224. The summed E-state index contributed by atoms with van der Waals surface area (Å²) in [7, 11) is 1.85. The van der Waals surface area contributed by atoms with Gasteiger partial charge in [0, 0.05) is 23.9 Å². The number of aromatic nitrogens is 3. The highest BCUT2D eigenvalue weighted by Crippen LogP contribution is 2.25. The first-order valence-corrected chi connectivity index (χ1v) is 12.1. The SMILES string of the molecule is Cc1nn(C)c2ncc(NC(=O)c3ccccc3SCC(=O)NCC3CCCCC3)cc12. The van der Waals surface area contributed by atoms with Crippen LogP contribution in [0.1, 0.15) is 48.2 Å². The third-order valence-electron chi connectivity index (χ3n) is 5.92. The predicted molar refractivity (Wildman–Crippen MR) is 128 cm³/mol. The van der Waals surface area contributed by atoms with Crippen molar-refractivity contribution in [3.8, 4) is 0 Å². The number of benzene rings is 1. The molecule has 0 bridgehead atoms. The van der Waals surface area contributed by atoms with Crippen LogP contribution in [0.2, 0.25) is 0 Å². The molecule has 0 atom stereocenters. The number of nitrogens with one attached hydrogen (secondary N) is 2. The Morgan fingerprint density at radius 3 is 2.78 bits per heavy atom. The summed E-state index contributed by atoms with van der Waals surface area (Å²) in [5.41, 5.74) is 2.79. The van der Waals surface area contributed by atoms with E-state index < -0.39 is 0 Å². The number of carbonyl (C=O) groups excluding carboxylic acids is 2. The molecule has 0 radical (unpaired) electrons. The highest BCUT2D eigenvalue weighted by molar-refractivity contribution is 8.00. The van der Waals surface area contributed by atoms with Crippen LogP contribution in [0.4, 0.5) is 5.69 Å². The van der Waals surface area contributed by atoms with Gasteiger partial charge >= 0.3 is 0 Å². The average molecular weight is 452 g/mol. The molecule has 1 aliphatic rings. The van der Waals surface area contributed by atoms with Gasteiger partial charge < -0.3 is 10.6 Å². The Balaban J connectivity index is 1.37. The van der Waals surface area contributed by atoms with Crippen molar-refractivity contribution in [2.24, 2.45) is 13.0 Å². The molecule has 2 heterocycles. The summed E-state index contributed by atoms with van der Waals surface area (Å²) in [6.07, 6.45) is 7.88. The largest absolute Gasteiger partial charge is 0.355 e. The smallest absolute Gasteiger partial charge is 0.256 e. The van der Waals surface area contributed by atoms with Gasteiger partial charge in [-0.05, 0) is 43.9 Å². The van der Waals surface area contributed by atoms with Gasteiger partial charge in [-0.15, -0.1) is 11.8 Å². The topological polar surface area (TPSA) is 88.9 Å². The molecule has 3 aromatic rings. The first kappa shape index (κ1) is 22.3. The van der Waals surface area contributed by atoms with Crippen molar-refractivity contribution in [3.05, 3.63) is 47.8 Å². The first-order chi connectivity index (χ1) is 15.5. The number of hydrogen-bond donors (Lipinski definition) is 2. The maximum atomic E-state index is 13.0. The number of nitrogens with zero attached hydrogens (tertiary/aromatic N) is 3. The van der Waals surface area contributed by atoms with Crippen LogP contribution in [0.15, 0.2) is 41.4 Å². The van der Waals surface area contributed by atoms with Gasteiger partial charge in [0.05, 0.1) is 28.9 Å². The lowest BCUT2D eigenvalue weighted by Gasteiger charge is -2.21. The van der Waals surface area contributed by atoms with E-state index in [1.54, 1.807) is 16.9 Å². The normalized spacial score (nSPS) is 14.4. The van der Waals surface area contributed by atoms with Crippen molar-refractivity contribution in [2.75, 3.05) is 17.6 Å². The Labute approximate surface area is 192 Å². The zero-order chi connectivity index (χ0) is 22.5. The van der Waals surface area contributed by atoms with Gasteiger partial charge in [0.25, 0.3) is 5.91 Å². The number of fused-ring (bicyclic) bond motifs is 1. The molecular formula is C24H29N5O2S. The molecule has 32 heavy (non-hydrogen) atoms. The third kappa shape index (κ3) is 5.30. The molecule has 2 N–H and O–H groups in total. The number of hydrogen-bond acceptors (Lipinski definition) is 5. The van der Waals surface area contributed by atoms with E-state index in [2.05, 4.69) is 20.7 Å². The highest BCUT2D eigenvalue weighted by Gasteiger charge is 2.16. The van der Waals surface area contributed by atoms with Gasteiger partial charge in [-0.2, -0.15) is 5.10 Å². The lowest BCUT2D eigenvalue weighted by atomic mass is 9.89.